The molecule has 1 saturated heterocycles. The minimum atomic E-state index is -0.237. The van der Waals surface area contributed by atoms with Crippen molar-refractivity contribution in [2.75, 3.05) is 37.8 Å². The second-order valence-corrected chi connectivity index (χ2v) is 7.72. The number of benzene rings is 2. The molecule has 0 spiro atoms. The van der Waals surface area contributed by atoms with Crippen molar-refractivity contribution < 1.29 is 14.3 Å². The highest BCUT2D eigenvalue weighted by Gasteiger charge is 2.26. The number of hydrogen-bond donors (Lipinski definition) is 0. The van der Waals surface area contributed by atoms with Crippen molar-refractivity contribution in [1.29, 1.82) is 0 Å². The SMILES string of the molecule is CCOC(=O)Cc1c(Cc2ccccc2)nc(N2CCOCC2)n1-c1cccc(C)c1. The summed E-state index contributed by atoms with van der Waals surface area (Å²) >= 11 is 0. The molecule has 0 N–H and O–H groups in total. The predicted molar refractivity (Wildman–Crippen MR) is 121 cm³/mol. The Morgan fingerprint density at radius 2 is 1.87 bits per heavy atom. The maximum Gasteiger partial charge on any atom is 0.311 e. The molecule has 2 heterocycles. The fraction of sp³-hybridized carbons (Fsp3) is 0.360. The Morgan fingerprint density at radius 3 is 2.58 bits per heavy atom. The average Bonchev–Trinajstić information content (AvgIpc) is 3.13. The average molecular weight is 420 g/mol. The van der Waals surface area contributed by atoms with Crippen LogP contribution in [0.5, 0.6) is 0 Å². The number of carbonyl (C=O) groups is 1. The van der Waals surface area contributed by atoms with Crippen LogP contribution in [0.2, 0.25) is 0 Å². The molecule has 0 aliphatic carbocycles. The lowest BCUT2D eigenvalue weighted by Gasteiger charge is -2.28. The lowest BCUT2D eigenvalue weighted by atomic mass is 10.1. The smallest absolute Gasteiger partial charge is 0.311 e. The number of ether oxygens (including phenoxy) is 2. The summed E-state index contributed by atoms with van der Waals surface area (Å²) in [5.74, 6) is 0.623. The number of aromatic nitrogens is 2. The van der Waals surface area contributed by atoms with Gasteiger partial charge in [-0.15, -0.1) is 0 Å². The largest absolute Gasteiger partial charge is 0.466 e. The minimum absolute atomic E-state index is 0.182. The molecule has 0 bridgehead atoms. The van der Waals surface area contributed by atoms with Gasteiger partial charge in [-0.2, -0.15) is 0 Å². The summed E-state index contributed by atoms with van der Waals surface area (Å²) in [5, 5.41) is 0. The molecule has 1 aliphatic rings. The van der Waals surface area contributed by atoms with E-state index in [0.717, 1.165) is 47.2 Å². The van der Waals surface area contributed by atoms with Crippen LogP contribution in [0.3, 0.4) is 0 Å². The molecule has 3 aromatic rings. The third-order valence-electron chi connectivity index (χ3n) is 5.42. The molecule has 4 rings (SSSR count). The van der Waals surface area contributed by atoms with Crippen LogP contribution in [0.4, 0.5) is 5.95 Å². The van der Waals surface area contributed by atoms with Crippen LogP contribution in [0.15, 0.2) is 54.6 Å². The molecule has 2 aromatic carbocycles. The van der Waals surface area contributed by atoms with Crippen molar-refractivity contribution in [2.24, 2.45) is 0 Å². The number of imidazole rings is 1. The Morgan fingerprint density at radius 1 is 1.10 bits per heavy atom. The van der Waals surface area contributed by atoms with Gasteiger partial charge in [-0.05, 0) is 37.1 Å². The summed E-state index contributed by atoms with van der Waals surface area (Å²) in [6.07, 6.45) is 0.840. The summed E-state index contributed by atoms with van der Waals surface area (Å²) in [4.78, 5) is 19.9. The van der Waals surface area contributed by atoms with Gasteiger partial charge in [-0.3, -0.25) is 9.36 Å². The third-order valence-corrected chi connectivity index (χ3v) is 5.42. The first-order chi connectivity index (χ1) is 15.2. The lowest BCUT2D eigenvalue weighted by Crippen LogP contribution is -2.38. The highest BCUT2D eigenvalue weighted by atomic mass is 16.5. The van der Waals surface area contributed by atoms with E-state index in [0.29, 0.717) is 26.2 Å². The fourth-order valence-electron chi connectivity index (χ4n) is 3.96. The van der Waals surface area contributed by atoms with Crippen LogP contribution in [0.1, 0.15) is 29.4 Å². The zero-order valence-electron chi connectivity index (χ0n) is 18.2. The number of anilines is 1. The molecular weight excluding hydrogens is 390 g/mol. The number of rotatable bonds is 7. The van der Waals surface area contributed by atoms with Crippen molar-refractivity contribution in [3.8, 4) is 5.69 Å². The fourth-order valence-corrected chi connectivity index (χ4v) is 3.96. The van der Waals surface area contributed by atoms with E-state index in [1.165, 1.54) is 0 Å². The van der Waals surface area contributed by atoms with Gasteiger partial charge in [0.25, 0.3) is 0 Å². The van der Waals surface area contributed by atoms with Gasteiger partial charge in [-0.1, -0.05) is 42.5 Å². The maximum absolute atomic E-state index is 12.6. The van der Waals surface area contributed by atoms with Crippen LogP contribution in [-0.4, -0.2) is 48.4 Å². The van der Waals surface area contributed by atoms with E-state index in [1.807, 2.05) is 31.2 Å². The summed E-state index contributed by atoms with van der Waals surface area (Å²) in [5.41, 5.74) is 5.12. The van der Waals surface area contributed by atoms with E-state index in [2.05, 4.69) is 46.7 Å². The van der Waals surface area contributed by atoms with E-state index < -0.39 is 0 Å². The van der Waals surface area contributed by atoms with Gasteiger partial charge in [0.05, 0.1) is 37.6 Å². The number of nitrogens with zero attached hydrogens (tertiary/aromatic N) is 3. The monoisotopic (exact) mass is 419 g/mol. The highest BCUT2D eigenvalue weighted by molar-refractivity contribution is 5.73. The first-order valence-corrected chi connectivity index (χ1v) is 10.9. The van der Waals surface area contributed by atoms with Gasteiger partial charge in [0, 0.05) is 25.2 Å². The van der Waals surface area contributed by atoms with Crippen LogP contribution >= 0.6 is 0 Å². The lowest BCUT2D eigenvalue weighted by molar-refractivity contribution is -0.142. The number of esters is 1. The van der Waals surface area contributed by atoms with E-state index in [-0.39, 0.29) is 12.4 Å². The zero-order valence-corrected chi connectivity index (χ0v) is 18.2. The number of hydrogen-bond acceptors (Lipinski definition) is 5. The second-order valence-electron chi connectivity index (χ2n) is 7.72. The van der Waals surface area contributed by atoms with Crippen molar-refractivity contribution in [2.45, 2.75) is 26.7 Å². The van der Waals surface area contributed by atoms with Gasteiger partial charge in [0.15, 0.2) is 0 Å². The molecule has 6 heteroatoms. The van der Waals surface area contributed by atoms with E-state index in [1.54, 1.807) is 0 Å². The first-order valence-electron chi connectivity index (χ1n) is 10.9. The molecule has 1 aromatic heterocycles. The van der Waals surface area contributed by atoms with E-state index in [4.69, 9.17) is 14.5 Å². The van der Waals surface area contributed by atoms with Gasteiger partial charge in [0.1, 0.15) is 0 Å². The Bertz CT molecular complexity index is 1020. The first kappa shape index (κ1) is 21.1. The summed E-state index contributed by atoms with van der Waals surface area (Å²) < 4.78 is 13.0. The molecule has 1 fully saturated rings. The molecule has 0 saturated carbocycles. The molecular formula is C25H29N3O3. The van der Waals surface area contributed by atoms with E-state index in [9.17, 15) is 4.79 Å². The van der Waals surface area contributed by atoms with E-state index >= 15 is 0 Å². The van der Waals surface area contributed by atoms with Crippen molar-refractivity contribution in [1.82, 2.24) is 9.55 Å². The Hall–Kier alpha value is -3.12. The Labute approximate surface area is 183 Å². The van der Waals surface area contributed by atoms with Crippen LogP contribution < -0.4 is 4.90 Å². The quantitative estimate of drug-likeness (QED) is 0.547. The van der Waals surface area contributed by atoms with Crippen LogP contribution in [0, 0.1) is 6.92 Å². The van der Waals surface area contributed by atoms with Gasteiger partial charge >= 0.3 is 5.97 Å². The second kappa shape index (κ2) is 9.79. The van der Waals surface area contributed by atoms with Crippen molar-refractivity contribution in [3.05, 3.63) is 77.1 Å². The maximum atomic E-state index is 12.6. The van der Waals surface area contributed by atoms with Crippen molar-refractivity contribution in [3.63, 3.8) is 0 Å². The predicted octanol–water partition coefficient (Wildman–Crippen LogP) is 3.71. The summed E-state index contributed by atoms with van der Waals surface area (Å²) in [6.45, 7) is 7.15. The normalized spacial score (nSPS) is 13.9. The van der Waals surface area contributed by atoms with Gasteiger partial charge in [0.2, 0.25) is 5.95 Å². The molecule has 0 unspecified atom stereocenters. The Balaban J connectivity index is 1.85. The number of aryl methyl sites for hydroxylation is 1. The molecule has 6 nitrogen and oxygen atoms in total. The third kappa shape index (κ3) is 4.97. The zero-order chi connectivity index (χ0) is 21.6. The summed E-state index contributed by atoms with van der Waals surface area (Å²) in [7, 11) is 0. The summed E-state index contributed by atoms with van der Waals surface area (Å²) in [6, 6.07) is 18.6. The van der Waals surface area contributed by atoms with Gasteiger partial charge in [-0.25, -0.2) is 4.98 Å². The molecule has 162 valence electrons. The molecule has 0 amide bonds. The topological polar surface area (TPSA) is 56.6 Å². The molecule has 0 radical (unpaired) electrons. The Kier molecular flexibility index (Phi) is 6.67. The highest BCUT2D eigenvalue weighted by Crippen LogP contribution is 2.28. The molecule has 31 heavy (non-hydrogen) atoms. The van der Waals surface area contributed by atoms with Crippen molar-refractivity contribution >= 4 is 11.9 Å². The molecule has 0 atom stereocenters. The van der Waals surface area contributed by atoms with Crippen LogP contribution in [-0.2, 0) is 27.1 Å². The minimum Gasteiger partial charge on any atom is -0.466 e. The standard InChI is InChI=1S/C25H29N3O3/c1-3-31-24(29)18-23-22(17-20-9-5-4-6-10-20)26-25(27-12-14-30-15-13-27)28(23)21-11-7-8-19(2)16-21/h4-11,16H,3,12-15,17-18H2,1-2H3. The number of morpholine rings is 1. The van der Waals surface area contributed by atoms with Crippen LogP contribution in [0.25, 0.3) is 5.69 Å². The number of carbonyl (C=O) groups excluding carboxylic acids is 1. The molecule has 1 aliphatic heterocycles. The van der Waals surface area contributed by atoms with Gasteiger partial charge < -0.3 is 14.4 Å².